The van der Waals surface area contributed by atoms with Crippen LogP contribution in [-0.2, 0) is 5.41 Å². The zero-order chi connectivity index (χ0) is 12.5. The lowest BCUT2D eigenvalue weighted by molar-refractivity contribution is 0.142. The minimum Gasteiger partial charge on any atom is -0.496 e. The second-order valence-corrected chi connectivity index (χ2v) is 4.56. The Morgan fingerprint density at radius 1 is 1.41 bits per heavy atom. The minimum atomic E-state index is -2.48. The quantitative estimate of drug-likeness (QED) is 0.879. The Kier molecular flexibility index (Phi) is 3.33. The Hall–Kier alpha value is -1.16. The molecule has 0 saturated heterocycles. The van der Waals surface area contributed by atoms with E-state index in [1.807, 2.05) is 0 Å². The number of methoxy groups -OCH3 is 1. The van der Waals surface area contributed by atoms with Crippen LogP contribution < -0.4 is 10.5 Å². The summed E-state index contributed by atoms with van der Waals surface area (Å²) in [5, 5.41) is 0. The molecule has 2 rings (SSSR count). The predicted molar refractivity (Wildman–Crippen MR) is 62.5 cm³/mol. The number of halogens is 2. The molecule has 1 aromatic carbocycles. The molecule has 2 N–H and O–H groups in total. The molecule has 0 aliphatic heterocycles. The normalized spacial score (nSPS) is 17.9. The Bertz CT molecular complexity index is 397. The molecular formula is C13H17F2NO. The van der Waals surface area contributed by atoms with E-state index in [0.29, 0.717) is 17.9 Å². The maximum absolute atomic E-state index is 13.1. The molecule has 1 aromatic rings. The number of rotatable bonds is 4. The van der Waals surface area contributed by atoms with E-state index in [-0.39, 0.29) is 11.0 Å². The Balaban J connectivity index is 2.55. The van der Waals surface area contributed by atoms with Gasteiger partial charge in [-0.2, -0.15) is 0 Å². The Morgan fingerprint density at radius 2 is 2.12 bits per heavy atom. The molecule has 1 aliphatic rings. The van der Waals surface area contributed by atoms with E-state index in [4.69, 9.17) is 10.5 Å². The SMILES string of the molecule is COc1cccc(C(F)F)c1C1(CN)CCC1. The first-order valence-electron chi connectivity index (χ1n) is 5.80. The molecule has 1 aliphatic carbocycles. The van der Waals surface area contributed by atoms with E-state index in [1.165, 1.54) is 13.2 Å². The van der Waals surface area contributed by atoms with Crippen molar-refractivity contribution < 1.29 is 13.5 Å². The third-order valence-corrected chi connectivity index (χ3v) is 3.75. The van der Waals surface area contributed by atoms with Crippen LogP contribution in [0, 0.1) is 0 Å². The fraction of sp³-hybridized carbons (Fsp3) is 0.538. The van der Waals surface area contributed by atoms with Gasteiger partial charge in [-0.3, -0.25) is 0 Å². The molecule has 0 unspecified atom stereocenters. The average molecular weight is 241 g/mol. The second kappa shape index (κ2) is 4.61. The molecule has 0 spiro atoms. The van der Waals surface area contributed by atoms with Crippen LogP contribution in [0.2, 0.25) is 0 Å². The fourth-order valence-electron chi connectivity index (χ4n) is 2.63. The van der Waals surface area contributed by atoms with Gasteiger partial charge >= 0.3 is 0 Å². The van der Waals surface area contributed by atoms with Crippen LogP contribution in [0.3, 0.4) is 0 Å². The van der Waals surface area contributed by atoms with E-state index in [1.54, 1.807) is 12.1 Å². The van der Waals surface area contributed by atoms with Crippen molar-refractivity contribution in [2.75, 3.05) is 13.7 Å². The number of ether oxygens (including phenoxy) is 1. The number of hydrogen-bond acceptors (Lipinski definition) is 2. The van der Waals surface area contributed by atoms with Crippen molar-refractivity contribution in [2.45, 2.75) is 31.1 Å². The van der Waals surface area contributed by atoms with Crippen molar-refractivity contribution in [3.63, 3.8) is 0 Å². The lowest BCUT2D eigenvalue weighted by Crippen LogP contribution is -2.42. The largest absolute Gasteiger partial charge is 0.496 e. The summed E-state index contributed by atoms with van der Waals surface area (Å²) in [5.74, 6) is 0.535. The number of alkyl halides is 2. The summed E-state index contributed by atoms with van der Waals surface area (Å²) in [5.41, 5.74) is 6.17. The second-order valence-electron chi connectivity index (χ2n) is 4.56. The summed E-state index contributed by atoms with van der Waals surface area (Å²) in [6.07, 6.45) is 0.287. The lowest BCUT2D eigenvalue weighted by Gasteiger charge is -2.43. The summed E-state index contributed by atoms with van der Waals surface area (Å²) < 4.78 is 31.4. The van der Waals surface area contributed by atoms with E-state index in [9.17, 15) is 8.78 Å². The smallest absolute Gasteiger partial charge is 0.264 e. The van der Waals surface area contributed by atoms with Crippen molar-refractivity contribution in [1.29, 1.82) is 0 Å². The molecule has 0 heterocycles. The summed E-state index contributed by atoms with van der Waals surface area (Å²) in [6.45, 7) is 0.396. The van der Waals surface area contributed by atoms with Crippen molar-refractivity contribution in [3.05, 3.63) is 29.3 Å². The molecule has 0 radical (unpaired) electrons. The molecular weight excluding hydrogens is 224 g/mol. The van der Waals surface area contributed by atoms with Gasteiger partial charge in [-0.25, -0.2) is 8.78 Å². The van der Waals surface area contributed by atoms with Gasteiger partial charge in [0.15, 0.2) is 0 Å². The first-order chi connectivity index (χ1) is 8.14. The molecule has 4 heteroatoms. The van der Waals surface area contributed by atoms with Crippen LogP contribution in [0.15, 0.2) is 18.2 Å². The van der Waals surface area contributed by atoms with Gasteiger partial charge in [0.25, 0.3) is 6.43 Å². The standard InChI is InChI=1S/C13H17F2NO/c1-17-10-5-2-4-9(12(14)15)11(10)13(8-16)6-3-7-13/h2,4-5,12H,3,6-8,16H2,1H3. The average Bonchev–Trinajstić information content (AvgIpc) is 2.28. The molecule has 0 bridgehead atoms. The summed E-state index contributed by atoms with van der Waals surface area (Å²) in [4.78, 5) is 0. The van der Waals surface area contributed by atoms with Crippen molar-refractivity contribution >= 4 is 0 Å². The first kappa shape index (κ1) is 12.3. The molecule has 1 fully saturated rings. The van der Waals surface area contributed by atoms with Crippen LogP contribution in [0.5, 0.6) is 5.75 Å². The van der Waals surface area contributed by atoms with E-state index in [2.05, 4.69) is 0 Å². The number of hydrogen-bond donors (Lipinski definition) is 1. The Labute approximate surface area is 99.8 Å². The van der Waals surface area contributed by atoms with Crippen LogP contribution in [-0.4, -0.2) is 13.7 Å². The van der Waals surface area contributed by atoms with Gasteiger partial charge in [-0.15, -0.1) is 0 Å². The van der Waals surface area contributed by atoms with Gasteiger partial charge in [-0.05, 0) is 18.9 Å². The van der Waals surface area contributed by atoms with Crippen LogP contribution in [0.25, 0.3) is 0 Å². The molecule has 94 valence electrons. The zero-order valence-electron chi connectivity index (χ0n) is 9.88. The third-order valence-electron chi connectivity index (χ3n) is 3.75. The highest BCUT2D eigenvalue weighted by Gasteiger charge is 2.42. The molecule has 0 atom stereocenters. The fourth-order valence-corrected chi connectivity index (χ4v) is 2.63. The summed E-state index contributed by atoms with van der Waals surface area (Å²) in [6, 6.07) is 4.81. The summed E-state index contributed by atoms with van der Waals surface area (Å²) in [7, 11) is 1.51. The molecule has 0 aromatic heterocycles. The van der Waals surface area contributed by atoms with Crippen LogP contribution in [0.1, 0.15) is 36.8 Å². The van der Waals surface area contributed by atoms with Crippen LogP contribution >= 0.6 is 0 Å². The van der Waals surface area contributed by atoms with Gasteiger partial charge in [0, 0.05) is 23.1 Å². The molecule has 17 heavy (non-hydrogen) atoms. The van der Waals surface area contributed by atoms with Gasteiger partial charge in [0.1, 0.15) is 5.75 Å². The predicted octanol–water partition coefficient (Wildman–Crippen LogP) is 3.01. The van der Waals surface area contributed by atoms with Gasteiger partial charge in [0.05, 0.1) is 7.11 Å². The van der Waals surface area contributed by atoms with Crippen molar-refractivity contribution in [1.82, 2.24) is 0 Å². The van der Waals surface area contributed by atoms with E-state index >= 15 is 0 Å². The number of nitrogens with two attached hydrogens (primary N) is 1. The molecule has 1 saturated carbocycles. The van der Waals surface area contributed by atoms with Gasteiger partial charge in [-0.1, -0.05) is 18.6 Å². The maximum Gasteiger partial charge on any atom is 0.264 e. The van der Waals surface area contributed by atoms with E-state index in [0.717, 1.165) is 19.3 Å². The maximum atomic E-state index is 13.1. The van der Waals surface area contributed by atoms with Crippen molar-refractivity contribution in [2.24, 2.45) is 5.73 Å². The highest BCUT2D eigenvalue weighted by molar-refractivity contribution is 5.48. The van der Waals surface area contributed by atoms with Gasteiger partial charge in [0.2, 0.25) is 0 Å². The van der Waals surface area contributed by atoms with E-state index < -0.39 is 6.43 Å². The molecule has 0 amide bonds. The highest BCUT2D eigenvalue weighted by Crippen LogP contribution is 2.49. The van der Waals surface area contributed by atoms with Gasteiger partial charge < -0.3 is 10.5 Å². The highest BCUT2D eigenvalue weighted by atomic mass is 19.3. The Morgan fingerprint density at radius 3 is 2.53 bits per heavy atom. The third kappa shape index (κ3) is 1.90. The molecule has 2 nitrogen and oxygen atoms in total. The number of benzene rings is 1. The topological polar surface area (TPSA) is 35.2 Å². The minimum absolute atomic E-state index is 0.0644. The van der Waals surface area contributed by atoms with Crippen LogP contribution in [0.4, 0.5) is 8.78 Å². The monoisotopic (exact) mass is 241 g/mol. The van der Waals surface area contributed by atoms with Crippen molar-refractivity contribution in [3.8, 4) is 5.75 Å². The zero-order valence-corrected chi connectivity index (χ0v) is 9.88. The first-order valence-corrected chi connectivity index (χ1v) is 5.80. The lowest BCUT2D eigenvalue weighted by atomic mass is 9.63. The summed E-state index contributed by atoms with van der Waals surface area (Å²) >= 11 is 0.